The van der Waals surface area contributed by atoms with Crippen LogP contribution in [0.25, 0.3) is 0 Å². The maximum Gasteiger partial charge on any atom is 0.371 e. The van der Waals surface area contributed by atoms with Gasteiger partial charge in [-0.1, -0.05) is 0 Å². The SMILES string of the molecule is Cc1oc(C(=O)O)cc1CNC(C)C(=O)N1CCCC1. The molecule has 0 aliphatic carbocycles. The first kappa shape index (κ1) is 14.6. The number of likely N-dealkylation sites (tertiary alicyclic amines) is 1. The first-order valence-electron chi connectivity index (χ1n) is 6.84. The Morgan fingerprint density at radius 2 is 2.10 bits per heavy atom. The van der Waals surface area contributed by atoms with E-state index in [4.69, 9.17) is 9.52 Å². The van der Waals surface area contributed by atoms with E-state index in [1.54, 1.807) is 6.92 Å². The summed E-state index contributed by atoms with van der Waals surface area (Å²) in [6, 6.07) is 1.22. The van der Waals surface area contributed by atoms with Crippen molar-refractivity contribution in [2.75, 3.05) is 13.1 Å². The molecular formula is C14H20N2O4. The highest BCUT2D eigenvalue weighted by Gasteiger charge is 2.23. The number of hydrogen-bond donors (Lipinski definition) is 2. The van der Waals surface area contributed by atoms with Crippen LogP contribution in [0.2, 0.25) is 0 Å². The number of carbonyl (C=O) groups excluding carboxylic acids is 1. The average molecular weight is 280 g/mol. The Kier molecular flexibility index (Phi) is 4.44. The van der Waals surface area contributed by atoms with Crippen LogP contribution in [0, 0.1) is 6.92 Å². The van der Waals surface area contributed by atoms with Gasteiger partial charge in [0.05, 0.1) is 6.04 Å². The fourth-order valence-electron chi connectivity index (χ4n) is 2.36. The van der Waals surface area contributed by atoms with Crippen LogP contribution in [-0.4, -0.2) is 41.0 Å². The summed E-state index contributed by atoms with van der Waals surface area (Å²) in [7, 11) is 0. The lowest BCUT2D eigenvalue weighted by Gasteiger charge is -2.21. The van der Waals surface area contributed by atoms with Crippen LogP contribution >= 0.6 is 0 Å². The van der Waals surface area contributed by atoms with E-state index in [1.807, 2.05) is 11.8 Å². The number of carboxylic acid groups (broad SMARTS) is 1. The van der Waals surface area contributed by atoms with Gasteiger partial charge in [0, 0.05) is 25.2 Å². The molecule has 6 heteroatoms. The summed E-state index contributed by atoms with van der Waals surface area (Å²) in [5.74, 6) is -0.490. The van der Waals surface area contributed by atoms with Crippen LogP contribution in [0.3, 0.4) is 0 Å². The second-order valence-electron chi connectivity index (χ2n) is 5.13. The lowest BCUT2D eigenvalue weighted by molar-refractivity contribution is -0.132. The summed E-state index contributed by atoms with van der Waals surface area (Å²) in [6.45, 7) is 5.63. The molecule has 0 aromatic carbocycles. The summed E-state index contributed by atoms with van der Waals surface area (Å²) in [6.07, 6.45) is 2.14. The summed E-state index contributed by atoms with van der Waals surface area (Å²) in [4.78, 5) is 24.8. The molecule has 1 aliphatic rings. The molecule has 1 aromatic rings. The van der Waals surface area contributed by atoms with E-state index < -0.39 is 5.97 Å². The largest absolute Gasteiger partial charge is 0.475 e. The summed E-state index contributed by atoms with van der Waals surface area (Å²) in [5, 5.41) is 12.0. The fraction of sp³-hybridized carbons (Fsp3) is 0.571. The highest BCUT2D eigenvalue weighted by Crippen LogP contribution is 2.15. The topological polar surface area (TPSA) is 82.8 Å². The molecule has 1 aromatic heterocycles. The van der Waals surface area contributed by atoms with E-state index in [0.29, 0.717) is 12.3 Å². The van der Waals surface area contributed by atoms with E-state index >= 15 is 0 Å². The number of furan rings is 1. The van der Waals surface area contributed by atoms with Gasteiger partial charge in [-0.3, -0.25) is 4.79 Å². The average Bonchev–Trinajstić information content (AvgIpc) is 3.04. The van der Waals surface area contributed by atoms with Crippen molar-refractivity contribution in [1.29, 1.82) is 0 Å². The molecular weight excluding hydrogens is 260 g/mol. The van der Waals surface area contributed by atoms with Gasteiger partial charge in [-0.2, -0.15) is 0 Å². The van der Waals surface area contributed by atoms with Crippen molar-refractivity contribution in [3.8, 4) is 0 Å². The Hall–Kier alpha value is -1.82. The van der Waals surface area contributed by atoms with Crippen LogP contribution in [0.4, 0.5) is 0 Å². The van der Waals surface area contributed by atoms with Crippen molar-refractivity contribution in [3.63, 3.8) is 0 Å². The van der Waals surface area contributed by atoms with Gasteiger partial charge in [0.15, 0.2) is 0 Å². The van der Waals surface area contributed by atoms with E-state index in [9.17, 15) is 9.59 Å². The molecule has 6 nitrogen and oxygen atoms in total. The van der Waals surface area contributed by atoms with E-state index in [0.717, 1.165) is 31.5 Å². The number of hydrogen-bond acceptors (Lipinski definition) is 4. The van der Waals surface area contributed by atoms with E-state index in [-0.39, 0.29) is 17.7 Å². The molecule has 0 bridgehead atoms. The zero-order valence-corrected chi connectivity index (χ0v) is 11.8. The number of nitrogens with zero attached hydrogens (tertiary/aromatic N) is 1. The predicted octanol–water partition coefficient (Wildman–Crippen LogP) is 1.39. The second kappa shape index (κ2) is 6.09. The Balaban J connectivity index is 1.91. The Bertz CT molecular complexity index is 503. The third-order valence-electron chi connectivity index (χ3n) is 3.62. The molecule has 0 spiro atoms. The molecule has 20 heavy (non-hydrogen) atoms. The zero-order chi connectivity index (χ0) is 14.7. The lowest BCUT2D eigenvalue weighted by atomic mass is 10.2. The molecule has 2 rings (SSSR count). The highest BCUT2D eigenvalue weighted by molar-refractivity contribution is 5.84. The van der Waals surface area contributed by atoms with E-state index in [2.05, 4.69) is 5.32 Å². The predicted molar refractivity (Wildman–Crippen MR) is 72.5 cm³/mol. The zero-order valence-electron chi connectivity index (χ0n) is 11.8. The maximum atomic E-state index is 12.1. The quantitative estimate of drug-likeness (QED) is 0.851. The number of aryl methyl sites for hydroxylation is 1. The molecule has 2 heterocycles. The second-order valence-corrected chi connectivity index (χ2v) is 5.13. The maximum absolute atomic E-state index is 12.1. The minimum atomic E-state index is -1.08. The fourth-order valence-corrected chi connectivity index (χ4v) is 2.36. The van der Waals surface area contributed by atoms with Crippen LogP contribution in [0.15, 0.2) is 10.5 Å². The van der Waals surface area contributed by atoms with Crippen LogP contribution < -0.4 is 5.32 Å². The third-order valence-corrected chi connectivity index (χ3v) is 3.62. The molecule has 1 aliphatic heterocycles. The molecule has 1 saturated heterocycles. The first-order valence-corrected chi connectivity index (χ1v) is 6.84. The van der Waals surface area contributed by atoms with Gasteiger partial charge >= 0.3 is 5.97 Å². The molecule has 1 fully saturated rings. The third kappa shape index (κ3) is 3.19. The van der Waals surface area contributed by atoms with E-state index in [1.165, 1.54) is 6.07 Å². The molecule has 0 saturated carbocycles. The van der Waals surface area contributed by atoms with Crippen molar-refractivity contribution in [2.45, 2.75) is 39.3 Å². The smallest absolute Gasteiger partial charge is 0.371 e. The van der Waals surface area contributed by atoms with Gasteiger partial charge in [0.2, 0.25) is 11.7 Å². The van der Waals surface area contributed by atoms with Gasteiger partial charge in [0.25, 0.3) is 0 Å². The highest BCUT2D eigenvalue weighted by atomic mass is 16.4. The van der Waals surface area contributed by atoms with Crippen LogP contribution in [0.1, 0.15) is 41.6 Å². The van der Waals surface area contributed by atoms with Crippen LogP contribution in [-0.2, 0) is 11.3 Å². The monoisotopic (exact) mass is 280 g/mol. The molecule has 1 unspecified atom stereocenters. The molecule has 1 amide bonds. The Morgan fingerprint density at radius 3 is 2.65 bits per heavy atom. The number of rotatable bonds is 5. The number of aromatic carboxylic acids is 1. The Morgan fingerprint density at radius 1 is 1.45 bits per heavy atom. The number of nitrogens with one attached hydrogen (secondary N) is 1. The van der Waals surface area contributed by atoms with Crippen molar-refractivity contribution in [3.05, 3.63) is 23.2 Å². The normalized spacial score (nSPS) is 16.4. The number of carboxylic acids is 1. The molecule has 110 valence electrons. The molecule has 1 atom stereocenters. The van der Waals surface area contributed by atoms with Gasteiger partial charge in [0.1, 0.15) is 5.76 Å². The number of carbonyl (C=O) groups is 2. The minimum absolute atomic E-state index is 0.0715. The standard InChI is InChI=1S/C14H20N2O4/c1-9(13(17)16-5-3-4-6-16)15-8-11-7-12(14(18)19)20-10(11)2/h7,9,15H,3-6,8H2,1-2H3,(H,18,19). The summed E-state index contributed by atoms with van der Waals surface area (Å²) in [5.41, 5.74) is 0.767. The van der Waals surface area contributed by atoms with Crippen molar-refractivity contribution in [1.82, 2.24) is 10.2 Å². The van der Waals surface area contributed by atoms with Gasteiger partial charge in [-0.15, -0.1) is 0 Å². The lowest BCUT2D eigenvalue weighted by Crippen LogP contribution is -2.43. The van der Waals surface area contributed by atoms with Crippen LogP contribution in [0.5, 0.6) is 0 Å². The molecule has 2 N–H and O–H groups in total. The molecule has 0 radical (unpaired) electrons. The Labute approximate surface area is 117 Å². The van der Waals surface area contributed by atoms with Gasteiger partial charge < -0.3 is 19.7 Å². The minimum Gasteiger partial charge on any atom is -0.475 e. The first-order chi connectivity index (χ1) is 9.49. The van der Waals surface area contributed by atoms with Crippen molar-refractivity contribution in [2.24, 2.45) is 0 Å². The number of amides is 1. The van der Waals surface area contributed by atoms with Gasteiger partial charge in [-0.05, 0) is 32.8 Å². The summed E-state index contributed by atoms with van der Waals surface area (Å²) < 4.78 is 5.13. The van der Waals surface area contributed by atoms with Crippen molar-refractivity contribution < 1.29 is 19.1 Å². The summed E-state index contributed by atoms with van der Waals surface area (Å²) >= 11 is 0. The van der Waals surface area contributed by atoms with Gasteiger partial charge in [-0.25, -0.2) is 4.79 Å². The van der Waals surface area contributed by atoms with Crippen molar-refractivity contribution >= 4 is 11.9 Å².